The number of para-hydroxylation sites is 1. The van der Waals surface area contributed by atoms with Crippen LogP contribution in [0.15, 0.2) is 28.8 Å². The van der Waals surface area contributed by atoms with Gasteiger partial charge >= 0.3 is 0 Å². The van der Waals surface area contributed by atoms with Crippen LogP contribution in [0, 0.1) is 6.92 Å². The van der Waals surface area contributed by atoms with Crippen LogP contribution >= 0.6 is 23.2 Å². The highest BCUT2D eigenvalue weighted by atomic mass is 35.5. The summed E-state index contributed by atoms with van der Waals surface area (Å²) in [6.45, 7) is 4.37. The van der Waals surface area contributed by atoms with Gasteiger partial charge in [0.25, 0.3) is 0 Å². The summed E-state index contributed by atoms with van der Waals surface area (Å²) in [6, 6.07) is 6.21. The van der Waals surface area contributed by atoms with E-state index < -0.39 is 0 Å². The fourth-order valence-electron chi connectivity index (χ4n) is 1.68. The molecule has 1 aromatic rings. The first-order valence-corrected chi connectivity index (χ1v) is 6.81. The standard InChI is InChI=1S/C14H19Cl2NO/c1-3-13(17)7-11-6-4-5-10(2)14(11)18-9-12(16)8-15/h4-6,8,13H,3,7,9,17H2,1-2H3/b12-8-. The number of ether oxygens (including phenoxy) is 1. The van der Waals surface area contributed by atoms with Gasteiger partial charge in [0, 0.05) is 11.6 Å². The molecule has 0 radical (unpaired) electrons. The summed E-state index contributed by atoms with van der Waals surface area (Å²) in [4.78, 5) is 0. The van der Waals surface area contributed by atoms with E-state index in [2.05, 4.69) is 6.92 Å². The van der Waals surface area contributed by atoms with Crippen LogP contribution in [0.2, 0.25) is 0 Å². The summed E-state index contributed by atoms with van der Waals surface area (Å²) in [5.41, 5.74) is 9.50. The summed E-state index contributed by atoms with van der Waals surface area (Å²) < 4.78 is 5.73. The second kappa shape index (κ2) is 7.67. The van der Waals surface area contributed by atoms with Crippen LogP contribution in [0.4, 0.5) is 0 Å². The second-order valence-corrected chi connectivity index (χ2v) is 4.98. The number of halogens is 2. The van der Waals surface area contributed by atoms with Crippen LogP contribution in [0.3, 0.4) is 0 Å². The topological polar surface area (TPSA) is 35.2 Å². The van der Waals surface area contributed by atoms with Crippen molar-refractivity contribution in [1.82, 2.24) is 0 Å². The first kappa shape index (κ1) is 15.4. The molecule has 0 amide bonds. The van der Waals surface area contributed by atoms with E-state index in [-0.39, 0.29) is 12.6 Å². The van der Waals surface area contributed by atoms with Crippen molar-refractivity contribution in [3.63, 3.8) is 0 Å². The van der Waals surface area contributed by atoms with Gasteiger partial charge in [-0.05, 0) is 30.9 Å². The van der Waals surface area contributed by atoms with E-state index in [1.54, 1.807) is 0 Å². The van der Waals surface area contributed by atoms with Crippen molar-refractivity contribution in [3.8, 4) is 5.75 Å². The Morgan fingerprint density at radius 2 is 2.22 bits per heavy atom. The Labute approximate surface area is 119 Å². The van der Waals surface area contributed by atoms with Gasteiger partial charge in [-0.15, -0.1) is 0 Å². The molecule has 0 spiro atoms. The maximum Gasteiger partial charge on any atom is 0.126 e. The van der Waals surface area contributed by atoms with Crippen molar-refractivity contribution in [2.75, 3.05) is 6.61 Å². The van der Waals surface area contributed by atoms with Crippen LogP contribution in [0.1, 0.15) is 24.5 Å². The molecule has 18 heavy (non-hydrogen) atoms. The van der Waals surface area contributed by atoms with Gasteiger partial charge in [0.15, 0.2) is 0 Å². The third-order valence-electron chi connectivity index (χ3n) is 2.77. The maximum atomic E-state index is 5.99. The monoisotopic (exact) mass is 287 g/mol. The van der Waals surface area contributed by atoms with E-state index in [4.69, 9.17) is 33.7 Å². The van der Waals surface area contributed by atoms with Crippen molar-refractivity contribution in [1.29, 1.82) is 0 Å². The Kier molecular flexibility index (Phi) is 6.55. The van der Waals surface area contributed by atoms with Crippen molar-refractivity contribution in [2.45, 2.75) is 32.7 Å². The van der Waals surface area contributed by atoms with E-state index >= 15 is 0 Å². The minimum atomic E-state index is 0.146. The van der Waals surface area contributed by atoms with Gasteiger partial charge in [0.1, 0.15) is 12.4 Å². The first-order valence-electron chi connectivity index (χ1n) is 6.00. The lowest BCUT2D eigenvalue weighted by Gasteiger charge is -2.16. The van der Waals surface area contributed by atoms with Crippen LogP contribution in [0.5, 0.6) is 5.75 Å². The zero-order valence-electron chi connectivity index (χ0n) is 10.7. The Balaban J connectivity index is 2.86. The predicted molar refractivity (Wildman–Crippen MR) is 78.4 cm³/mol. The highest BCUT2D eigenvalue weighted by Gasteiger charge is 2.10. The Morgan fingerprint density at radius 1 is 1.50 bits per heavy atom. The Hall–Kier alpha value is -0.700. The Morgan fingerprint density at radius 3 is 2.83 bits per heavy atom. The molecule has 4 heteroatoms. The van der Waals surface area contributed by atoms with Gasteiger partial charge in [-0.2, -0.15) is 0 Å². The van der Waals surface area contributed by atoms with E-state index in [0.29, 0.717) is 5.03 Å². The van der Waals surface area contributed by atoms with Gasteiger partial charge in [0.2, 0.25) is 0 Å². The number of rotatable bonds is 6. The van der Waals surface area contributed by atoms with E-state index in [9.17, 15) is 0 Å². The molecule has 0 aromatic heterocycles. The van der Waals surface area contributed by atoms with Gasteiger partial charge in [-0.25, -0.2) is 0 Å². The normalized spacial score (nSPS) is 13.5. The fraction of sp³-hybridized carbons (Fsp3) is 0.429. The maximum absolute atomic E-state index is 5.99. The molecule has 1 unspecified atom stereocenters. The lowest BCUT2D eigenvalue weighted by atomic mass is 10.0. The number of hydrogen-bond acceptors (Lipinski definition) is 2. The molecule has 0 aliphatic rings. The van der Waals surface area contributed by atoms with Gasteiger partial charge in [-0.1, -0.05) is 48.3 Å². The number of benzene rings is 1. The Bertz CT molecular complexity index is 418. The molecule has 1 aromatic carbocycles. The zero-order valence-corrected chi connectivity index (χ0v) is 12.3. The minimum Gasteiger partial charge on any atom is -0.487 e. The van der Waals surface area contributed by atoms with E-state index in [1.165, 1.54) is 5.54 Å². The average Bonchev–Trinajstić information content (AvgIpc) is 2.37. The largest absolute Gasteiger partial charge is 0.487 e. The van der Waals surface area contributed by atoms with E-state index in [1.807, 2.05) is 25.1 Å². The number of aryl methyl sites for hydroxylation is 1. The van der Waals surface area contributed by atoms with Crippen molar-refractivity contribution in [3.05, 3.63) is 39.9 Å². The van der Waals surface area contributed by atoms with Crippen molar-refractivity contribution in [2.24, 2.45) is 5.73 Å². The van der Waals surface area contributed by atoms with E-state index in [0.717, 1.165) is 29.7 Å². The minimum absolute atomic E-state index is 0.146. The summed E-state index contributed by atoms with van der Waals surface area (Å²) in [7, 11) is 0. The highest BCUT2D eigenvalue weighted by Crippen LogP contribution is 2.25. The molecule has 0 bridgehead atoms. The molecular weight excluding hydrogens is 269 g/mol. The van der Waals surface area contributed by atoms with Gasteiger partial charge in [-0.3, -0.25) is 0 Å². The molecule has 0 heterocycles. The van der Waals surface area contributed by atoms with Crippen LogP contribution in [-0.2, 0) is 6.42 Å². The molecule has 0 aliphatic carbocycles. The summed E-state index contributed by atoms with van der Waals surface area (Å²) in [6.07, 6.45) is 1.74. The molecular formula is C14H19Cl2NO. The van der Waals surface area contributed by atoms with Crippen molar-refractivity contribution >= 4 is 23.2 Å². The van der Waals surface area contributed by atoms with Gasteiger partial charge in [0.05, 0.1) is 5.03 Å². The number of nitrogens with two attached hydrogens (primary N) is 1. The van der Waals surface area contributed by atoms with Crippen LogP contribution < -0.4 is 10.5 Å². The number of hydrogen-bond donors (Lipinski definition) is 1. The molecule has 0 aliphatic heterocycles. The molecule has 2 N–H and O–H groups in total. The molecule has 0 saturated heterocycles. The molecule has 0 fully saturated rings. The smallest absolute Gasteiger partial charge is 0.126 e. The third-order valence-corrected chi connectivity index (χ3v) is 3.37. The zero-order chi connectivity index (χ0) is 13.5. The van der Waals surface area contributed by atoms with Gasteiger partial charge < -0.3 is 10.5 Å². The summed E-state index contributed by atoms with van der Waals surface area (Å²) in [5.74, 6) is 0.859. The SMILES string of the molecule is CCC(N)Cc1cccc(C)c1OC/C(Cl)=C/Cl. The summed E-state index contributed by atoms with van der Waals surface area (Å²) >= 11 is 11.3. The lowest BCUT2D eigenvalue weighted by Crippen LogP contribution is -2.22. The second-order valence-electron chi connectivity index (χ2n) is 4.28. The summed E-state index contributed by atoms with van der Waals surface area (Å²) in [5, 5.41) is 0.477. The molecule has 100 valence electrons. The molecule has 0 saturated carbocycles. The fourth-order valence-corrected chi connectivity index (χ4v) is 1.80. The highest BCUT2D eigenvalue weighted by molar-refractivity contribution is 6.36. The quantitative estimate of drug-likeness (QED) is 0.859. The lowest BCUT2D eigenvalue weighted by molar-refractivity contribution is 0.351. The molecule has 2 nitrogen and oxygen atoms in total. The predicted octanol–water partition coefficient (Wildman–Crippen LogP) is 3.97. The third kappa shape index (κ3) is 4.52. The van der Waals surface area contributed by atoms with Crippen LogP contribution in [-0.4, -0.2) is 12.6 Å². The molecule has 1 rings (SSSR count). The van der Waals surface area contributed by atoms with Crippen LogP contribution in [0.25, 0.3) is 0 Å². The molecule has 1 atom stereocenters. The van der Waals surface area contributed by atoms with Crippen molar-refractivity contribution < 1.29 is 4.74 Å². The first-order chi connectivity index (χ1) is 8.58. The average molecular weight is 288 g/mol.